The fourth-order valence-corrected chi connectivity index (χ4v) is 3.24. The first-order valence-electron chi connectivity index (χ1n) is 7.44. The van der Waals surface area contributed by atoms with Crippen molar-refractivity contribution in [3.05, 3.63) is 68.7 Å². The maximum atomic E-state index is 10.1. The second-order valence-corrected chi connectivity index (χ2v) is 6.83. The van der Waals surface area contributed by atoms with Crippen molar-refractivity contribution in [3.8, 4) is 5.75 Å². The molecule has 24 heavy (non-hydrogen) atoms. The number of phenolic OH excluding ortho intramolecular Hbond substituents is 1. The molecule has 1 heterocycles. The summed E-state index contributed by atoms with van der Waals surface area (Å²) in [5.41, 5.74) is 3.18. The third-order valence-corrected chi connectivity index (χ3v) is 4.35. The zero-order valence-corrected chi connectivity index (χ0v) is 15.0. The minimum Gasteiger partial charge on any atom is -0.507 e. The van der Waals surface area contributed by atoms with Gasteiger partial charge in [0.15, 0.2) is 0 Å². The first kappa shape index (κ1) is 17.2. The summed E-state index contributed by atoms with van der Waals surface area (Å²) in [7, 11) is 0. The summed E-state index contributed by atoms with van der Waals surface area (Å²) < 4.78 is 0. The molecular weight excluding hydrogens is 367 g/mol. The minimum absolute atomic E-state index is 0.174. The maximum absolute atomic E-state index is 10.1. The highest BCUT2D eigenvalue weighted by Gasteiger charge is 2.12. The van der Waals surface area contributed by atoms with Gasteiger partial charge in [-0.3, -0.25) is 4.99 Å². The van der Waals surface area contributed by atoms with Crippen molar-refractivity contribution in [3.63, 3.8) is 0 Å². The van der Waals surface area contributed by atoms with Crippen LogP contribution in [0.4, 0.5) is 5.69 Å². The third kappa shape index (κ3) is 4.23. The maximum Gasteiger partial charge on any atom is 0.125 e. The zero-order chi connectivity index (χ0) is 17.1. The molecule has 0 radical (unpaired) electrons. The number of phenols is 1. The van der Waals surface area contributed by atoms with E-state index in [0.717, 1.165) is 22.7 Å². The van der Waals surface area contributed by atoms with Crippen molar-refractivity contribution in [2.75, 3.05) is 11.9 Å². The average Bonchev–Trinajstić information content (AvgIpc) is 2.53. The first-order valence-corrected chi connectivity index (χ1v) is 8.57. The molecule has 0 bridgehead atoms. The van der Waals surface area contributed by atoms with Crippen LogP contribution in [-0.4, -0.2) is 17.4 Å². The zero-order valence-electron chi connectivity index (χ0n) is 12.7. The molecule has 3 rings (SSSR count). The lowest BCUT2D eigenvalue weighted by Gasteiger charge is -2.13. The Balaban J connectivity index is 1.80. The normalized spacial score (nSPS) is 14.1. The van der Waals surface area contributed by atoms with Gasteiger partial charge in [-0.1, -0.05) is 34.8 Å². The van der Waals surface area contributed by atoms with Gasteiger partial charge in [0, 0.05) is 45.8 Å². The van der Waals surface area contributed by atoms with E-state index < -0.39 is 0 Å². The van der Waals surface area contributed by atoms with Crippen LogP contribution in [-0.2, 0) is 6.54 Å². The predicted octanol–water partition coefficient (Wildman–Crippen LogP) is 5.63. The highest BCUT2D eigenvalue weighted by molar-refractivity contribution is 6.34. The van der Waals surface area contributed by atoms with E-state index in [1.165, 1.54) is 0 Å². The molecule has 6 heteroatoms. The molecule has 2 N–H and O–H groups in total. The van der Waals surface area contributed by atoms with Crippen LogP contribution in [0.3, 0.4) is 0 Å². The van der Waals surface area contributed by atoms with Gasteiger partial charge in [0.2, 0.25) is 0 Å². The molecule has 124 valence electrons. The Kier molecular flexibility index (Phi) is 5.34. The van der Waals surface area contributed by atoms with Gasteiger partial charge in [-0.05, 0) is 48.0 Å². The topological polar surface area (TPSA) is 44.6 Å². The first-order chi connectivity index (χ1) is 11.5. The van der Waals surface area contributed by atoms with Gasteiger partial charge in [0.1, 0.15) is 5.75 Å². The van der Waals surface area contributed by atoms with Crippen LogP contribution >= 0.6 is 34.8 Å². The van der Waals surface area contributed by atoms with Crippen LogP contribution in [0.5, 0.6) is 5.75 Å². The smallest absolute Gasteiger partial charge is 0.125 e. The van der Waals surface area contributed by atoms with Crippen LogP contribution in [0.1, 0.15) is 17.5 Å². The molecule has 1 aliphatic heterocycles. The Labute approximate surface area is 155 Å². The molecule has 0 aromatic heterocycles. The molecule has 0 unspecified atom stereocenters. The summed E-state index contributed by atoms with van der Waals surface area (Å²) in [5.74, 6) is 0.174. The van der Waals surface area contributed by atoms with Crippen molar-refractivity contribution >= 4 is 46.2 Å². The molecule has 0 fully saturated rings. The molecule has 1 aliphatic rings. The highest BCUT2D eigenvalue weighted by atomic mass is 35.5. The quantitative estimate of drug-likeness (QED) is 0.674. The number of aliphatic imine (C=N–C) groups is 1. The average molecular weight is 382 g/mol. The van der Waals surface area contributed by atoms with Gasteiger partial charge in [0.25, 0.3) is 0 Å². The summed E-state index contributed by atoms with van der Waals surface area (Å²) in [6.07, 6.45) is 2.53. The van der Waals surface area contributed by atoms with E-state index >= 15 is 0 Å². The van der Waals surface area contributed by atoms with E-state index in [1.54, 1.807) is 24.3 Å². The van der Waals surface area contributed by atoms with Crippen LogP contribution < -0.4 is 5.32 Å². The fourth-order valence-electron chi connectivity index (χ4n) is 2.48. The fraction of sp³-hybridized carbons (Fsp3) is 0.167. The molecular formula is C18H15Cl3N2O. The largest absolute Gasteiger partial charge is 0.507 e. The van der Waals surface area contributed by atoms with Gasteiger partial charge in [-0.25, -0.2) is 0 Å². The Morgan fingerprint density at radius 3 is 2.50 bits per heavy atom. The summed E-state index contributed by atoms with van der Waals surface area (Å²) in [6, 6.07) is 10.7. The summed E-state index contributed by atoms with van der Waals surface area (Å²) >= 11 is 18.1. The molecule has 0 atom stereocenters. The second kappa shape index (κ2) is 7.47. The molecule has 0 saturated heterocycles. The Bertz CT molecular complexity index is 811. The number of allylic oxidation sites excluding steroid dienone is 1. The summed E-state index contributed by atoms with van der Waals surface area (Å²) in [4.78, 5) is 4.43. The number of anilines is 1. The number of aromatic hydroxyl groups is 1. The second-order valence-electron chi connectivity index (χ2n) is 5.47. The summed E-state index contributed by atoms with van der Waals surface area (Å²) in [5, 5.41) is 15.4. The molecule has 0 spiro atoms. The lowest BCUT2D eigenvalue weighted by molar-refractivity contribution is 0.474. The van der Waals surface area contributed by atoms with E-state index in [4.69, 9.17) is 34.8 Å². The lowest BCUT2D eigenvalue weighted by atomic mass is 10.1. The van der Waals surface area contributed by atoms with Gasteiger partial charge in [-0.2, -0.15) is 0 Å². The molecule has 3 nitrogen and oxygen atoms in total. The number of dihydropyridines is 1. The SMILES string of the molecule is Oc1ccc(NCc2cc(Cl)cc(Cl)c2)cc1C1=NCCC(Cl)=C1. The number of halogens is 3. The lowest BCUT2D eigenvalue weighted by Crippen LogP contribution is -2.06. The number of nitrogens with zero attached hydrogens (tertiary/aromatic N) is 1. The van der Waals surface area contributed by atoms with Gasteiger partial charge < -0.3 is 10.4 Å². The molecule has 2 aromatic carbocycles. The molecule has 0 aliphatic carbocycles. The van der Waals surface area contributed by atoms with Crippen LogP contribution in [0.15, 0.2) is 52.5 Å². The third-order valence-electron chi connectivity index (χ3n) is 3.62. The predicted molar refractivity (Wildman–Crippen MR) is 102 cm³/mol. The minimum atomic E-state index is 0.174. The number of hydrogen-bond donors (Lipinski definition) is 2. The van der Waals surface area contributed by atoms with Crippen LogP contribution in [0, 0.1) is 0 Å². The number of hydrogen-bond acceptors (Lipinski definition) is 3. The Morgan fingerprint density at radius 2 is 1.79 bits per heavy atom. The Hall–Kier alpha value is -1.68. The van der Waals surface area contributed by atoms with E-state index in [1.807, 2.05) is 18.2 Å². The Morgan fingerprint density at radius 1 is 1.04 bits per heavy atom. The number of rotatable bonds is 4. The number of nitrogens with one attached hydrogen (secondary N) is 1. The molecule has 0 amide bonds. The van der Waals surface area contributed by atoms with Gasteiger partial charge >= 0.3 is 0 Å². The van der Waals surface area contributed by atoms with Crippen molar-refractivity contribution in [2.45, 2.75) is 13.0 Å². The van der Waals surface area contributed by atoms with Crippen molar-refractivity contribution in [1.82, 2.24) is 0 Å². The van der Waals surface area contributed by atoms with Gasteiger partial charge in [-0.15, -0.1) is 0 Å². The van der Waals surface area contributed by atoms with E-state index in [-0.39, 0.29) is 5.75 Å². The van der Waals surface area contributed by atoms with E-state index in [0.29, 0.717) is 34.4 Å². The van der Waals surface area contributed by atoms with Crippen LogP contribution in [0.25, 0.3) is 0 Å². The van der Waals surface area contributed by atoms with Gasteiger partial charge in [0.05, 0.1) is 5.71 Å². The summed E-state index contributed by atoms with van der Waals surface area (Å²) in [6.45, 7) is 1.19. The van der Waals surface area contributed by atoms with E-state index in [2.05, 4.69) is 10.3 Å². The standard InChI is InChI=1S/C18H15Cl3N2O/c19-12-3-4-22-17(8-12)16-9-15(1-2-18(16)24)23-10-11-5-13(20)7-14(21)6-11/h1-2,5-9,23-24H,3-4,10H2. The number of benzene rings is 2. The van der Waals surface area contributed by atoms with E-state index in [9.17, 15) is 5.11 Å². The van der Waals surface area contributed by atoms with Crippen molar-refractivity contribution in [2.24, 2.45) is 4.99 Å². The molecule has 0 saturated carbocycles. The highest BCUT2D eigenvalue weighted by Crippen LogP contribution is 2.26. The monoisotopic (exact) mass is 380 g/mol. The van der Waals surface area contributed by atoms with Crippen molar-refractivity contribution < 1.29 is 5.11 Å². The molecule has 2 aromatic rings. The van der Waals surface area contributed by atoms with Crippen LogP contribution in [0.2, 0.25) is 10.0 Å². The van der Waals surface area contributed by atoms with Crippen molar-refractivity contribution in [1.29, 1.82) is 0 Å².